The van der Waals surface area contributed by atoms with Crippen molar-refractivity contribution in [1.82, 2.24) is 5.32 Å². The normalized spacial score (nSPS) is 17.0. The number of aliphatic hydroxyl groups is 1. The van der Waals surface area contributed by atoms with Crippen molar-refractivity contribution in [3.05, 3.63) is 52.2 Å². The Morgan fingerprint density at radius 3 is 2.56 bits per heavy atom. The number of benzene rings is 1. The van der Waals surface area contributed by atoms with Crippen LogP contribution in [0, 0.1) is 12.8 Å². The summed E-state index contributed by atoms with van der Waals surface area (Å²) in [7, 11) is 0. The lowest BCUT2D eigenvalue weighted by Gasteiger charge is -2.25. The third kappa shape index (κ3) is 6.00. The van der Waals surface area contributed by atoms with E-state index in [1.165, 1.54) is 36.1 Å². The molecule has 1 fully saturated rings. The predicted octanol–water partition coefficient (Wildman–Crippen LogP) is 4.74. The summed E-state index contributed by atoms with van der Waals surface area (Å²) in [6.45, 7) is 2.93. The Labute approximate surface area is 160 Å². The molecule has 3 nitrogen and oxygen atoms in total. The van der Waals surface area contributed by atoms with Gasteiger partial charge in [-0.15, -0.1) is 23.7 Å². The van der Waals surface area contributed by atoms with E-state index in [2.05, 4.69) is 29.8 Å². The average molecular weight is 382 g/mol. The molecule has 0 spiro atoms. The zero-order chi connectivity index (χ0) is 16.8. The number of rotatable bonds is 8. The molecule has 1 aliphatic rings. The molecule has 138 valence electrons. The highest BCUT2D eigenvalue weighted by molar-refractivity contribution is 7.10. The number of aliphatic hydroxyl groups excluding tert-OH is 1. The van der Waals surface area contributed by atoms with Gasteiger partial charge in [0.2, 0.25) is 0 Å². The van der Waals surface area contributed by atoms with Crippen LogP contribution in [0.3, 0.4) is 0 Å². The van der Waals surface area contributed by atoms with Crippen LogP contribution in [0.2, 0.25) is 0 Å². The minimum absolute atomic E-state index is 0. The van der Waals surface area contributed by atoms with Gasteiger partial charge in [-0.3, -0.25) is 0 Å². The average Bonchev–Trinajstić information content (AvgIpc) is 3.29. The second-order valence-electron chi connectivity index (χ2n) is 6.72. The molecule has 0 bridgehead atoms. The molecule has 2 aromatic rings. The third-order valence-electron chi connectivity index (χ3n) is 4.76. The second-order valence-corrected chi connectivity index (χ2v) is 7.70. The number of aryl methyl sites for hydroxylation is 1. The first kappa shape index (κ1) is 20.2. The van der Waals surface area contributed by atoms with Crippen molar-refractivity contribution < 1.29 is 9.84 Å². The zero-order valence-corrected chi connectivity index (χ0v) is 16.3. The van der Waals surface area contributed by atoms with Gasteiger partial charge in [0, 0.05) is 17.5 Å². The van der Waals surface area contributed by atoms with Crippen molar-refractivity contribution >= 4 is 23.7 Å². The van der Waals surface area contributed by atoms with Crippen molar-refractivity contribution in [2.24, 2.45) is 5.92 Å². The molecular formula is C20H28ClNO2S. The first-order chi connectivity index (χ1) is 11.7. The van der Waals surface area contributed by atoms with Crippen molar-refractivity contribution in [3.8, 4) is 5.75 Å². The van der Waals surface area contributed by atoms with E-state index in [4.69, 9.17) is 4.74 Å². The van der Waals surface area contributed by atoms with E-state index in [1.807, 2.05) is 24.3 Å². The first-order valence-corrected chi connectivity index (χ1v) is 9.74. The molecular weight excluding hydrogens is 354 g/mol. The zero-order valence-electron chi connectivity index (χ0n) is 14.7. The summed E-state index contributed by atoms with van der Waals surface area (Å²) in [5, 5.41) is 16.0. The van der Waals surface area contributed by atoms with Crippen LogP contribution in [0.15, 0.2) is 41.8 Å². The Balaban J connectivity index is 0.00000225. The number of nitrogens with one attached hydrogen (secondary N) is 1. The molecule has 1 aromatic carbocycles. The van der Waals surface area contributed by atoms with Gasteiger partial charge < -0.3 is 15.2 Å². The number of halogens is 1. The summed E-state index contributed by atoms with van der Waals surface area (Å²) >= 11 is 1.81. The van der Waals surface area contributed by atoms with Crippen LogP contribution in [0.1, 0.15) is 42.2 Å². The molecule has 1 heterocycles. The highest BCUT2D eigenvalue weighted by atomic mass is 35.5. The van der Waals surface area contributed by atoms with E-state index in [0.717, 1.165) is 5.75 Å². The fourth-order valence-corrected chi connectivity index (χ4v) is 4.30. The lowest BCUT2D eigenvalue weighted by Crippen LogP contribution is -2.36. The minimum Gasteiger partial charge on any atom is -0.491 e. The number of hydrogen-bond donors (Lipinski definition) is 2. The van der Waals surface area contributed by atoms with Gasteiger partial charge in [-0.05, 0) is 49.3 Å². The molecule has 0 radical (unpaired) electrons. The van der Waals surface area contributed by atoms with Crippen LogP contribution in [0.5, 0.6) is 5.75 Å². The highest BCUT2D eigenvalue weighted by Crippen LogP contribution is 2.37. The largest absolute Gasteiger partial charge is 0.491 e. The summed E-state index contributed by atoms with van der Waals surface area (Å²) in [6.07, 6.45) is 4.72. The van der Waals surface area contributed by atoms with Gasteiger partial charge >= 0.3 is 0 Å². The molecule has 25 heavy (non-hydrogen) atoms. The van der Waals surface area contributed by atoms with Gasteiger partial charge in [-0.2, -0.15) is 0 Å². The van der Waals surface area contributed by atoms with E-state index in [0.29, 0.717) is 25.1 Å². The Bertz CT molecular complexity index is 597. The molecule has 1 aromatic heterocycles. The van der Waals surface area contributed by atoms with E-state index in [9.17, 15) is 5.11 Å². The summed E-state index contributed by atoms with van der Waals surface area (Å²) in [5.41, 5.74) is 1.21. The highest BCUT2D eigenvalue weighted by Gasteiger charge is 2.27. The maximum Gasteiger partial charge on any atom is 0.119 e. The van der Waals surface area contributed by atoms with E-state index in [-0.39, 0.29) is 12.4 Å². The maximum atomic E-state index is 10.3. The van der Waals surface area contributed by atoms with Gasteiger partial charge in [0.1, 0.15) is 18.5 Å². The van der Waals surface area contributed by atoms with Crippen LogP contribution in [-0.2, 0) is 0 Å². The number of ether oxygens (including phenoxy) is 1. The quantitative estimate of drug-likeness (QED) is 0.693. The Morgan fingerprint density at radius 2 is 1.92 bits per heavy atom. The lowest BCUT2D eigenvalue weighted by molar-refractivity contribution is 0.101. The smallest absolute Gasteiger partial charge is 0.119 e. The second kappa shape index (κ2) is 10.2. The Morgan fingerprint density at radius 1 is 1.20 bits per heavy atom. The summed E-state index contributed by atoms with van der Waals surface area (Å²) in [4.78, 5) is 1.38. The molecule has 1 saturated carbocycles. The van der Waals surface area contributed by atoms with Gasteiger partial charge in [0.05, 0.1) is 0 Å². The molecule has 0 saturated heterocycles. The SMILES string of the molecule is Cc1ccc(OCC(O)CNC(c2cccs2)C2CCCC2)cc1.Cl. The molecule has 1 aliphatic carbocycles. The fourth-order valence-electron chi connectivity index (χ4n) is 3.41. The van der Waals surface area contributed by atoms with Crippen molar-refractivity contribution in [3.63, 3.8) is 0 Å². The van der Waals surface area contributed by atoms with Gasteiger partial charge in [-0.25, -0.2) is 0 Å². The predicted molar refractivity (Wildman–Crippen MR) is 107 cm³/mol. The topological polar surface area (TPSA) is 41.5 Å². The van der Waals surface area contributed by atoms with Gasteiger partial charge in [0.25, 0.3) is 0 Å². The summed E-state index contributed by atoms with van der Waals surface area (Å²) in [5.74, 6) is 1.50. The van der Waals surface area contributed by atoms with E-state index >= 15 is 0 Å². The van der Waals surface area contributed by atoms with E-state index in [1.54, 1.807) is 11.3 Å². The molecule has 0 aliphatic heterocycles. The number of hydrogen-bond acceptors (Lipinski definition) is 4. The Kier molecular flexibility index (Phi) is 8.24. The van der Waals surface area contributed by atoms with Crippen LogP contribution in [0.25, 0.3) is 0 Å². The fraction of sp³-hybridized carbons (Fsp3) is 0.500. The van der Waals surface area contributed by atoms with Gasteiger partial charge in [0.15, 0.2) is 0 Å². The monoisotopic (exact) mass is 381 g/mol. The van der Waals surface area contributed by atoms with Crippen LogP contribution in [0.4, 0.5) is 0 Å². The summed E-state index contributed by atoms with van der Waals surface area (Å²) in [6, 6.07) is 12.6. The molecule has 3 rings (SSSR count). The Hall–Kier alpha value is -1.07. The molecule has 2 unspecified atom stereocenters. The molecule has 0 amide bonds. The molecule has 5 heteroatoms. The van der Waals surface area contributed by atoms with Crippen LogP contribution in [-0.4, -0.2) is 24.4 Å². The van der Waals surface area contributed by atoms with Crippen molar-refractivity contribution in [2.75, 3.05) is 13.2 Å². The minimum atomic E-state index is -0.504. The maximum absolute atomic E-state index is 10.3. The standard InChI is InChI=1S/C20H27NO2S.ClH/c1-15-8-10-18(11-9-15)23-14-17(22)13-21-20(16-5-2-3-6-16)19-7-4-12-24-19;/h4,7-12,16-17,20-22H,2-3,5-6,13-14H2,1H3;1H. The van der Waals surface area contributed by atoms with Gasteiger partial charge in [-0.1, -0.05) is 36.6 Å². The molecule has 2 atom stereocenters. The molecule has 2 N–H and O–H groups in total. The number of thiophene rings is 1. The lowest BCUT2D eigenvalue weighted by atomic mass is 9.96. The van der Waals surface area contributed by atoms with Crippen LogP contribution < -0.4 is 10.1 Å². The first-order valence-electron chi connectivity index (χ1n) is 8.86. The third-order valence-corrected chi connectivity index (χ3v) is 5.71. The van der Waals surface area contributed by atoms with Crippen LogP contribution >= 0.6 is 23.7 Å². The van der Waals surface area contributed by atoms with Crippen molar-refractivity contribution in [1.29, 1.82) is 0 Å². The van der Waals surface area contributed by atoms with Crippen molar-refractivity contribution in [2.45, 2.75) is 44.8 Å². The summed E-state index contributed by atoms with van der Waals surface area (Å²) < 4.78 is 5.68. The van der Waals surface area contributed by atoms with E-state index < -0.39 is 6.10 Å².